The molecule has 0 amide bonds. The predicted molar refractivity (Wildman–Crippen MR) is 80.6 cm³/mol. The third-order valence-corrected chi connectivity index (χ3v) is 3.78. The van der Waals surface area contributed by atoms with E-state index in [1.54, 1.807) is 16.8 Å². The topological polar surface area (TPSA) is 59.6 Å². The second kappa shape index (κ2) is 4.56. The molecule has 6 heteroatoms. The Hall–Kier alpha value is -2.89. The molecule has 0 fully saturated rings. The number of imidazole rings is 1. The van der Waals surface area contributed by atoms with Crippen molar-refractivity contribution in [3.05, 3.63) is 48.1 Å². The number of hydrogen-bond acceptors (Lipinski definition) is 4. The highest BCUT2D eigenvalue weighted by Gasteiger charge is 2.28. The summed E-state index contributed by atoms with van der Waals surface area (Å²) in [7, 11) is 1.47. The maximum absolute atomic E-state index is 14.2. The number of allylic oxidation sites excluding steroid dienone is 2. The van der Waals surface area contributed by atoms with Crippen molar-refractivity contribution in [2.75, 3.05) is 7.11 Å². The van der Waals surface area contributed by atoms with Gasteiger partial charge in [-0.3, -0.25) is 9.56 Å². The number of aliphatic imine (C=N–C) groups is 1. The predicted octanol–water partition coefficient (Wildman–Crippen LogP) is 2.62. The number of nitrogens with zero attached hydrogens (tertiary/aromatic N) is 3. The van der Waals surface area contributed by atoms with Crippen LogP contribution in [0.2, 0.25) is 0 Å². The number of benzene rings is 1. The molecular weight excluding hydrogens is 285 g/mol. The quantitative estimate of drug-likeness (QED) is 0.927. The smallest absolute Gasteiger partial charge is 0.224 e. The van der Waals surface area contributed by atoms with Gasteiger partial charge in [-0.25, -0.2) is 9.37 Å². The van der Waals surface area contributed by atoms with Crippen LogP contribution in [0.15, 0.2) is 41.4 Å². The summed E-state index contributed by atoms with van der Waals surface area (Å²) in [4.78, 5) is 8.65. The van der Waals surface area contributed by atoms with Crippen molar-refractivity contribution in [1.29, 1.82) is 0 Å². The summed E-state index contributed by atoms with van der Waals surface area (Å²) < 4.78 is 20.8. The van der Waals surface area contributed by atoms with Gasteiger partial charge in [0.05, 0.1) is 19.0 Å². The lowest BCUT2D eigenvalue weighted by Crippen LogP contribution is -2.16. The molecule has 1 aromatic carbocycles. The number of aromatic nitrogens is 2. The zero-order valence-corrected chi connectivity index (χ0v) is 11.7. The molecule has 0 radical (unpaired) electrons. The van der Waals surface area contributed by atoms with Gasteiger partial charge in [-0.15, -0.1) is 0 Å². The Bertz CT molecular complexity index is 865. The van der Waals surface area contributed by atoms with Crippen LogP contribution in [0.5, 0.6) is 11.6 Å². The molecule has 1 aliphatic carbocycles. The standard InChI is InChI=1S/C16H12FN3O2/c1-22-9-5-6-10(11(17)7-9)15-16(21)20-13-4-2-3-12(13)18-8-14(20)19-15/h2-8,12,21H,1H3. The van der Waals surface area contributed by atoms with E-state index in [1.165, 1.54) is 19.2 Å². The van der Waals surface area contributed by atoms with E-state index >= 15 is 0 Å². The van der Waals surface area contributed by atoms with Crippen LogP contribution in [-0.4, -0.2) is 34.0 Å². The van der Waals surface area contributed by atoms with Crippen LogP contribution in [0, 0.1) is 5.82 Å². The normalized spacial score (nSPS) is 18.1. The second-order valence-electron chi connectivity index (χ2n) is 5.02. The first-order chi connectivity index (χ1) is 10.7. The molecule has 110 valence electrons. The minimum Gasteiger partial charge on any atom is -0.497 e. The zero-order valence-electron chi connectivity index (χ0n) is 11.7. The highest BCUT2D eigenvalue weighted by molar-refractivity contribution is 5.87. The molecule has 1 N–H and O–H groups in total. The van der Waals surface area contributed by atoms with E-state index in [1.807, 2.05) is 18.2 Å². The summed E-state index contributed by atoms with van der Waals surface area (Å²) >= 11 is 0. The summed E-state index contributed by atoms with van der Waals surface area (Å²) in [5, 5.41) is 10.5. The molecule has 1 atom stereocenters. The largest absolute Gasteiger partial charge is 0.497 e. The molecule has 1 unspecified atom stereocenters. The summed E-state index contributed by atoms with van der Waals surface area (Å²) in [5.74, 6) is 0.297. The summed E-state index contributed by atoms with van der Waals surface area (Å²) in [6.07, 6.45) is 7.24. The summed E-state index contributed by atoms with van der Waals surface area (Å²) in [5.41, 5.74) is 1.22. The number of halogens is 1. The van der Waals surface area contributed by atoms with Crippen LogP contribution in [0.4, 0.5) is 4.39 Å². The van der Waals surface area contributed by atoms with Crippen LogP contribution >= 0.6 is 0 Å². The Morgan fingerprint density at radius 1 is 1.36 bits per heavy atom. The number of hydrogen-bond donors (Lipinski definition) is 1. The fraction of sp³-hybridized carbons (Fsp3) is 0.125. The van der Waals surface area contributed by atoms with E-state index < -0.39 is 5.82 Å². The van der Waals surface area contributed by atoms with Crippen molar-refractivity contribution in [3.63, 3.8) is 0 Å². The Morgan fingerprint density at radius 3 is 3.00 bits per heavy atom. The molecule has 0 spiro atoms. The SMILES string of the molecule is COc1ccc(-c2nc3n(c2O)C2=CC=CC2N=C3)c(F)c1. The van der Waals surface area contributed by atoms with E-state index in [2.05, 4.69) is 9.98 Å². The van der Waals surface area contributed by atoms with E-state index in [-0.39, 0.29) is 23.2 Å². The molecule has 1 aromatic heterocycles. The highest BCUT2D eigenvalue weighted by atomic mass is 19.1. The lowest BCUT2D eigenvalue weighted by atomic mass is 10.1. The number of ether oxygens (including phenoxy) is 1. The molecule has 5 nitrogen and oxygen atoms in total. The van der Waals surface area contributed by atoms with Crippen molar-refractivity contribution >= 4 is 11.9 Å². The Morgan fingerprint density at radius 2 is 2.23 bits per heavy atom. The third-order valence-electron chi connectivity index (χ3n) is 3.78. The van der Waals surface area contributed by atoms with Crippen LogP contribution in [0.3, 0.4) is 0 Å². The van der Waals surface area contributed by atoms with Gasteiger partial charge in [0.25, 0.3) is 0 Å². The van der Waals surface area contributed by atoms with Crippen LogP contribution in [0.1, 0.15) is 5.82 Å². The maximum atomic E-state index is 14.2. The van der Waals surface area contributed by atoms with Crippen LogP contribution in [0.25, 0.3) is 17.0 Å². The van der Waals surface area contributed by atoms with Crippen LogP contribution < -0.4 is 4.74 Å². The van der Waals surface area contributed by atoms with E-state index in [0.717, 1.165) is 5.70 Å². The van der Waals surface area contributed by atoms with Crippen LogP contribution in [-0.2, 0) is 0 Å². The van der Waals surface area contributed by atoms with Gasteiger partial charge in [0.1, 0.15) is 23.3 Å². The van der Waals surface area contributed by atoms with Crippen molar-refractivity contribution in [1.82, 2.24) is 9.55 Å². The van der Waals surface area contributed by atoms with Gasteiger partial charge in [0.2, 0.25) is 5.88 Å². The first-order valence-corrected chi connectivity index (χ1v) is 6.76. The molecule has 22 heavy (non-hydrogen) atoms. The van der Waals surface area contributed by atoms with Gasteiger partial charge in [0.15, 0.2) is 5.82 Å². The number of rotatable bonds is 2. The molecule has 0 saturated carbocycles. The Labute approximate surface area is 125 Å². The molecule has 2 heterocycles. The monoisotopic (exact) mass is 297 g/mol. The molecular formula is C16H12FN3O2. The molecule has 0 bridgehead atoms. The van der Waals surface area contributed by atoms with E-state index in [9.17, 15) is 9.50 Å². The van der Waals surface area contributed by atoms with Gasteiger partial charge < -0.3 is 9.84 Å². The van der Waals surface area contributed by atoms with Gasteiger partial charge in [-0.05, 0) is 18.2 Å². The fourth-order valence-electron chi connectivity index (χ4n) is 2.70. The van der Waals surface area contributed by atoms with Gasteiger partial charge in [-0.2, -0.15) is 0 Å². The minimum absolute atomic E-state index is 0.0924. The summed E-state index contributed by atoms with van der Waals surface area (Å²) in [6, 6.07) is 4.31. The summed E-state index contributed by atoms with van der Waals surface area (Å²) in [6.45, 7) is 0. The van der Waals surface area contributed by atoms with Gasteiger partial charge >= 0.3 is 0 Å². The highest BCUT2D eigenvalue weighted by Crippen LogP contribution is 2.37. The number of methoxy groups -OCH3 is 1. The Balaban J connectivity index is 1.88. The van der Waals surface area contributed by atoms with Crippen molar-refractivity contribution in [3.8, 4) is 22.9 Å². The molecule has 2 aromatic rings. The molecule has 4 rings (SSSR count). The Kier molecular flexibility index (Phi) is 2.66. The first kappa shape index (κ1) is 12.8. The van der Waals surface area contributed by atoms with Gasteiger partial charge in [0, 0.05) is 11.6 Å². The van der Waals surface area contributed by atoms with E-state index in [4.69, 9.17) is 4.74 Å². The van der Waals surface area contributed by atoms with Crippen molar-refractivity contribution < 1.29 is 14.2 Å². The molecule has 2 aliphatic rings. The lowest BCUT2D eigenvalue weighted by molar-refractivity contribution is 0.411. The van der Waals surface area contributed by atoms with Crippen molar-refractivity contribution in [2.24, 2.45) is 4.99 Å². The maximum Gasteiger partial charge on any atom is 0.224 e. The minimum atomic E-state index is -0.503. The van der Waals surface area contributed by atoms with Gasteiger partial charge in [-0.1, -0.05) is 12.2 Å². The zero-order chi connectivity index (χ0) is 15.3. The fourth-order valence-corrected chi connectivity index (χ4v) is 2.70. The third kappa shape index (κ3) is 1.70. The molecule has 0 saturated heterocycles. The number of fused-ring (bicyclic) bond motifs is 3. The average Bonchev–Trinajstić information content (AvgIpc) is 3.11. The van der Waals surface area contributed by atoms with E-state index in [0.29, 0.717) is 11.6 Å². The lowest BCUT2D eigenvalue weighted by Gasteiger charge is -2.17. The molecule has 1 aliphatic heterocycles. The average molecular weight is 297 g/mol. The van der Waals surface area contributed by atoms with Crippen molar-refractivity contribution in [2.45, 2.75) is 6.04 Å². The second-order valence-corrected chi connectivity index (χ2v) is 5.02. The first-order valence-electron chi connectivity index (χ1n) is 6.76. The number of aromatic hydroxyl groups is 1.